The zero-order chi connectivity index (χ0) is 13.5. The molecule has 0 saturated carbocycles. The topological polar surface area (TPSA) is 45.2 Å². The molecule has 100 valence electrons. The number of anilines is 1. The second-order valence-corrected chi connectivity index (χ2v) is 4.52. The molecule has 0 aliphatic carbocycles. The molecular formula is C14H23N3O. The minimum Gasteiger partial charge on any atom is -0.370 e. The second kappa shape index (κ2) is 6.99. The van der Waals surface area contributed by atoms with E-state index in [1.165, 1.54) is 0 Å². The largest absolute Gasteiger partial charge is 0.370 e. The average molecular weight is 249 g/mol. The fraction of sp³-hybridized carbons (Fsp3) is 0.571. The van der Waals surface area contributed by atoms with Crippen LogP contribution in [0, 0.1) is 0 Å². The summed E-state index contributed by atoms with van der Waals surface area (Å²) in [7, 11) is 1.85. The molecular weight excluding hydrogens is 226 g/mol. The first-order valence-corrected chi connectivity index (χ1v) is 6.57. The predicted octanol–water partition coefficient (Wildman–Crippen LogP) is 2.77. The Morgan fingerprint density at radius 3 is 2.67 bits per heavy atom. The highest BCUT2D eigenvalue weighted by atomic mass is 16.2. The van der Waals surface area contributed by atoms with Gasteiger partial charge in [0.1, 0.15) is 5.82 Å². The number of pyridine rings is 1. The summed E-state index contributed by atoms with van der Waals surface area (Å²) >= 11 is 0. The minimum absolute atomic E-state index is 0.0338. The van der Waals surface area contributed by atoms with Crippen molar-refractivity contribution in [1.82, 2.24) is 9.88 Å². The van der Waals surface area contributed by atoms with Crippen LogP contribution in [0.5, 0.6) is 0 Å². The molecule has 1 unspecified atom stereocenters. The van der Waals surface area contributed by atoms with Crippen molar-refractivity contribution in [3.8, 4) is 0 Å². The van der Waals surface area contributed by atoms with Gasteiger partial charge < -0.3 is 10.2 Å². The molecule has 0 saturated heterocycles. The summed E-state index contributed by atoms with van der Waals surface area (Å²) in [6, 6.07) is 3.92. The lowest BCUT2D eigenvalue weighted by molar-refractivity contribution is 0.0736. The first-order valence-electron chi connectivity index (χ1n) is 6.57. The lowest BCUT2D eigenvalue weighted by Gasteiger charge is -2.24. The van der Waals surface area contributed by atoms with E-state index in [1.807, 2.05) is 26.1 Å². The molecule has 0 bridgehead atoms. The normalized spacial score (nSPS) is 12.0. The third-order valence-electron chi connectivity index (χ3n) is 3.06. The number of carbonyl (C=O) groups excluding carboxylic acids is 1. The summed E-state index contributed by atoms with van der Waals surface area (Å²) in [5, 5.41) is 3.11. The standard InChI is InChI=1S/C14H23N3O/c1-5-7-11(3)17(4)14(18)12-8-9-13(15-6-2)16-10-12/h8-11H,5-7H2,1-4H3,(H,15,16). The summed E-state index contributed by atoms with van der Waals surface area (Å²) in [5.74, 6) is 0.838. The maximum Gasteiger partial charge on any atom is 0.255 e. The highest BCUT2D eigenvalue weighted by molar-refractivity contribution is 5.94. The molecule has 1 heterocycles. The van der Waals surface area contributed by atoms with Gasteiger partial charge in [-0.1, -0.05) is 13.3 Å². The molecule has 0 aliphatic rings. The maximum absolute atomic E-state index is 12.2. The Hall–Kier alpha value is -1.58. The lowest BCUT2D eigenvalue weighted by atomic mass is 10.1. The number of hydrogen-bond acceptors (Lipinski definition) is 3. The molecule has 1 atom stereocenters. The molecule has 1 aromatic rings. The Bertz CT molecular complexity index is 375. The molecule has 18 heavy (non-hydrogen) atoms. The van der Waals surface area contributed by atoms with Crippen LogP contribution >= 0.6 is 0 Å². The Morgan fingerprint density at radius 1 is 1.44 bits per heavy atom. The average Bonchev–Trinajstić information content (AvgIpc) is 2.38. The van der Waals surface area contributed by atoms with Crippen molar-refractivity contribution in [2.24, 2.45) is 0 Å². The number of nitrogens with zero attached hydrogens (tertiary/aromatic N) is 2. The van der Waals surface area contributed by atoms with Crippen LogP contribution in [-0.2, 0) is 0 Å². The molecule has 0 spiro atoms. The van der Waals surface area contributed by atoms with Gasteiger partial charge in [-0.25, -0.2) is 4.98 Å². The van der Waals surface area contributed by atoms with E-state index in [0.29, 0.717) is 5.56 Å². The summed E-state index contributed by atoms with van der Waals surface area (Å²) in [4.78, 5) is 18.2. The summed E-state index contributed by atoms with van der Waals surface area (Å²) in [6.07, 6.45) is 3.73. The lowest BCUT2D eigenvalue weighted by Crippen LogP contribution is -2.35. The monoisotopic (exact) mass is 249 g/mol. The Labute approximate surface area is 109 Å². The maximum atomic E-state index is 12.2. The number of nitrogens with one attached hydrogen (secondary N) is 1. The van der Waals surface area contributed by atoms with E-state index in [4.69, 9.17) is 0 Å². The number of carbonyl (C=O) groups is 1. The van der Waals surface area contributed by atoms with Crippen LogP contribution < -0.4 is 5.32 Å². The van der Waals surface area contributed by atoms with Crippen LogP contribution in [0.15, 0.2) is 18.3 Å². The van der Waals surface area contributed by atoms with Gasteiger partial charge in [-0.05, 0) is 32.4 Å². The zero-order valence-corrected chi connectivity index (χ0v) is 11.7. The first-order chi connectivity index (χ1) is 8.60. The third-order valence-corrected chi connectivity index (χ3v) is 3.06. The highest BCUT2D eigenvalue weighted by Gasteiger charge is 2.16. The van der Waals surface area contributed by atoms with Crippen LogP contribution in [0.1, 0.15) is 44.0 Å². The van der Waals surface area contributed by atoms with Crippen molar-refractivity contribution in [2.75, 3.05) is 18.9 Å². The van der Waals surface area contributed by atoms with Crippen LogP contribution in [0.25, 0.3) is 0 Å². The summed E-state index contributed by atoms with van der Waals surface area (Å²) < 4.78 is 0. The Morgan fingerprint density at radius 2 is 2.17 bits per heavy atom. The van der Waals surface area contributed by atoms with Crippen LogP contribution in [0.4, 0.5) is 5.82 Å². The van der Waals surface area contributed by atoms with E-state index in [0.717, 1.165) is 25.2 Å². The molecule has 1 amide bonds. The van der Waals surface area contributed by atoms with Crippen molar-refractivity contribution in [3.05, 3.63) is 23.9 Å². The van der Waals surface area contributed by atoms with Crippen LogP contribution in [0.2, 0.25) is 0 Å². The molecule has 4 heteroatoms. The molecule has 0 aliphatic heterocycles. The molecule has 1 aromatic heterocycles. The Kier molecular flexibility index (Phi) is 5.62. The van der Waals surface area contributed by atoms with Gasteiger partial charge in [-0.2, -0.15) is 0 Å². The smallest absolute Gasteiger partial charge is 0.255 e. The summed E-state index contributed by atoms with van der Waals surface area (Å²) in [6.45, 7) is 7.04. The van der Waals surface area contributed by atoms with Gasteiger partial charge in [0.05, 0.1) is 5.56 Å². The van der Waals surface area contributed by atoms with E-state index in [-0.39, 0.29) is 11.9 Å². The second-order valence-electron chi connectivity index (χ2n) is 4.52. The van der Waals surface area contributed by atoms with Crippen molar-refractivity contribution in [2.45, 2.75) is 39.7 Å². The number of amides is 1. The molecule has 4 nitrogen and oxygen atoms in total. The summed E-state index contributed by atoms with van der Waals surface area (Å²) in [5.41, 5.74) is 0.641. The quantitative estimate of drug-likeness (QED) is 0.843. The molecule has 0 fully saturated rings. The predicted molar refractivity (Wildman–Crippen MR) is 74.9 cm³/mol. The molecule has 0 aromatic carbocycles. The zero-order valence-electron chi connectivity index (χ0n) is 11.7. The van der Waals surface area contributed by atoms with E-state index in [2.05, 4.69) is 24.1 Å². The minimum atomic E-state index is 0.0338. The van der Waals surface area contributed by atoms with Crippen molar-refractivity contribution in [1.29, 1.82) is 0 Å². The van der Waals surface area contributed by atoms with Crippen LogP contribution in [-0.4, -0.2) is 35.4 Å². The SMILES string of the molecule is CCCC(C)N(C)C(=O)c1ccc(NCC)nc1. The first kappa shape index (κ1) is 14.5. The molecule has 1 N–H and O–H groups in total. The molecule has 1 rings (SSSR count). The fourth-order valence-electron chi connectivity index (χ4n) is 1.82. The number of hydrogen-bond donors (Lipinski definition) is 1. The van der Waals surface area contributed by atoms with Crippen molar-refractivity contribution >= 4 is 11.7 Å². The molecule has 0 radical (unpaired) electrons. The number of rotatable bonds is 6. The van der Waals surface area contributed by atoms with Gasteiger partial charge in [-0.15, -0.1) is 0 Å². The van der Waals surface area contributed by atoms with Gasteiger partial charge in [-0.3, -0.25) is 4.79 Å². The highest BCUT2D eigenvalue weighted by Crippen LogP contribution is 2.11. The van der Waals surface area contributed by atoms with Gasteiger partial charge in [0.2, 0.25) is 0 Å². The third kappa shape index (κ3) is 3.72. The number of aromatic nitrogens is 1. The van der Waals surface area contributed by atoms with Gasteiger partial charge in [0, 0.05) is 25.8 Å². The Balaban J connectivity index is 2.71. The van der Waals surface area contributed by atoms with Gasteiger partial charge in [0.25, 0.3) is 5.91 Å². The van der Waals surface area contributed by atoms with E-state index in [9.17, 15) is 4.79 Å². The van der Waals surface area contributed by atoms with Crippen LogP contribution in [0.3, 0.4) is 0 Å². The van der Waals surface area contributed by atoms with Crippen molar-refractivity contribution in [3.63, 3.8) is 0 Å². The van der Waals surface area contributed by atoms with Crippen molar-refractivity contribution < 1.29 is 4.79 Å². The fourth-order valence-corrected chi connectivity index (χ4v) is 1.82. The van der Waals surface area contributed by atoms with E-state index < -0.39 is 0 Å². The van der Waals surface area contributed by atoms with E-state index >= 15 is 0 Å². The van der Waals surface area contributed by atoms with Gasteiger partial charge in [0.15, 0.2) is 0 Å². The van der Waals surface area contributed by atoms with E-state index in [1.54, 1.807) is 11.1 Å². The van der Waals surface area contributed by atoms with Gasteiger partial charge >= 0.3 is 0 Å².